The molecule has 2 atom stereocenters. The third-order valence-electron chi connectivity index (χ3n) is 3.55. The lowest BCUT2D eigenvalue weighted by Gasteiger charge is -2.29. The van der Waals surface area contributed by atoms with Gasteiger partial charge in [0.1, 0.15) is 5.82 Å². The van der Waals surface area contributed by atoms with Crippen LogP contribution in [0.4, 0.5) is 10.1 Å². The summed E-state index contributed by atoms with van der Waals surface area (Å²) in [6, 6.07) is 6.70. The highest BCUT2D eigenvalue weighted by molar-refractivity contribution is 5.46. The van der Waals surface area contributed by atoms with Crippen molar-refractivity contribution < 1.29 is 9.50 Å². The highest BCUT2D eigenvalue weighted by Crippen LogP contribution is 2.29. The van der Waals surface area contributed by atoms with Gasteiger partial charge in [-0.15, -0.1) is 0 Å². The minimum absolute atomic E-state index is 0.0824. The molecule has 1 aromatic rings. The van der Waals surface area contributed by atoms with Crippen LogP contribution in [0.2, 0.25) is 0 Å². The van der Waals surface area contributed by atoms with E-state index < -0.39 is 0 Å². The van der Waals surface area contributed by atoms with Gasteiger partial charge < -0.3 is 15.3 Å². The van der Waals surface area contributed by atoms with Crippen LogP contribution in [-0.2, 0) is 0 Å². The Kier molecular flexibility index (Phi) is 3.35. The SMILES string of the molecule is CC1CC(CO)(Nc2ccc(F)cc2)CN1C. The molecule has 1 saturated heterocycles. The average Bonchev–Trinajstić information content (AvgIpc) is 2.59. The van der Waals surface area contributed by atoms with Crippen LogP contribution in [0.3, 0.4) is 0 Å². The Labute approximate surface area is 101 Å². The number of likely N-dealkylation sites (tertiary alicyclic amines) is 1. The molecule has 94 valence electrons. The van der Waals surface area contributed by atoms with Crippen LogP contribution in [0.25, 0.3) is 0 Å². The van der Waals surface area contributed by atoms with Crippen molar-refractivity contribution in [3.05, 3.63) is 30.1 Å². The Morgan fingerprint density at radius 2 is 2.12 bits per heavy atom. The summed E-state index contributed by atoms with van der Waals surface area (Å²) in [4.78, 5) is 2.22. The van der Waals surface area contributed by atoms with Gasteiger partial charge in [-0.2, -0.15) is 0 Å². The predicted molar refractivity (Wildman–Crippen MR) is 66.5 cm³/mol. The number of hydrogen-bond acceptors (Lipinski definition) is 3. The first kappa shape index (κ1) is 12.3. The van der Waals surface area contributed by atoms with E-state index >= 15 is 0 Å². The number of aliphatic hydroxyl groups excluding tert-OH is 1. The number of rotatable bonds is 3. The quantitative estimate of drug-likeness (QED) is 0.841. The van der Waals surface area contributed by atoms with Crippen molar-refractivity contribution in [2.75, 3.05) is 25.5 Å². The Balaban J connectivity index is 2.13. The second-order valence-corrected chi connectivity index (χ2v) is 5.04. The number of likely N-dealkylation sites (N-methyl/N-ethyl adjacent to an activating group) is 1. The Morgan fingerprint density at radius 1 is 1.47 bits per heavy atom. The molecule has 1 aliphatic rings. The number of anilines is 1. The molecule has 1 aliphatic heterocycles. The predicted octanol–water partition coefficient (Wildman–Crippen LogP) is 1.69. The van der Waals surface area contributed by atoms with E-state index in [4.69, 9.17) is 0 Å². The molecule has 2 unspecified atom stereocenters. The monoisotopic (exact) mass is 238 g/mol. The third kappa shape index (κ3) is 2.58. The van der Waals surface area contributed by atoms with Crippen molar-refractivity contribution in [2.24, 2.45) is 0 Å². The number of nitrogens with one attached hydrogen (secondary N) is 1. The second kappa shape index (κ2) is 4.63. The van der Waals surface area contributed by atoms with E-state index in [1.54, 1.807) is 12.1 Å². The highest BCUT2D eigenvalue weighted by Gasteiger charge is 2.40. The van der Waals surface area contributed by atoms with Gasteiger partial charge in [-0.25, -0.2) is 4.39 Å². The molecule has 1 heterocycles. The first-order valence-corrected chi connectivity index (χ1v) is 5.89. The molecule has 0 radical (unpaired) electrons. The van der Waals surface area contributed by atoms with Crippen molar-refractivity contribution in [2.45, 2.75) is 24.9 Å². The molecule has 4 heteroatoms. The van der Waals surface area contributed by atoms with Gasteiger partial charge in [-0.05, 0) is 44.7 Å². The van der Waals surface area contributed by atoms with E-state index in [1.165, 1.54) is 12.1 Å². The van der Waals surface area contributed by atoms with E-state index in [1.807, 2.05) is 0 Å². The van der Waals surface area contributed by atoms with Gasteiger partial charge in [-0.3, -0.25) is 0 Å². The summed E-state index contributed by atoms with van der Waals surface area (Å²) in [5.74, 6) is -0.245. The number of aliphatic hydroxyl groups is 1. The summed E-state index contributed by atoms with van der Waals surface area (Å²) < 4.78 is 12.8. The van der Waals surface area contributed by atoms with Crippen molar-refractivity contribution in [3.63, 3.8) is 0 Å². The topological polar surface area (TPSA) is 35.5 Å². The molecule has 0 aromatic heterocycles. The van der Waals surface area contributed by atoms with E-state index in [0.717, 1.165) is 18.7 Å². The Hall–Kier alpha value is -1.13. The lowest BCUT2D eigenvalue weighted by atomic mass is 9.97. The van der Waals surface area contributed by atoms with E-state index in [9.17, 15) is 9.50 Å². The van der Waals surface area contributed by atoms with Gasteiger partial charge in [0.25, 0.3) is 0 Å². The smallest absolute Gasteiger partial charge is 0.123 e. The number of halogens is 1. The Morgan fingerprint density at radius 3 is 2.59 bits per heavy atom. The minimum Gasteiger partial charge on any atom is -0.394 e. The Bertz CT molecular complexity index is 370. The summed E-state index contributed by atoms with van der Waals surface area (Å²) in [5.41, 5.74) is 0.536. The fourth-order valence-corrected chi connectivity index (χ4v) is 2.50. The molecule has 17 heavy (non-hydrogen) atoms. The largest absolute Gasteiger partial charge is 0.394 e. The zero-order chi connectivity index (χ0) is 12.5. The maximum absolute atomic E-state index is 12.8. The maximum Gasteiger partial charge on any atom is 0.123 e. The van der Waals surface area contributed by atoms with Crippen molar-refractivity contribution in [3.8, 4) is 0 Å². The van der Waals surface area contributed by atoms with Gasteiger partial charge >= 0.3 is 0 Å². The van der Waals surface area contributed by atoms with Gasteiger partial charge in [0.2, 0.25) is 0 Å². The summed E-state index contributed by atoms with van der Waals surface area (Å²) in [5, 5.41) is 12.9. The van der Waals surface area contributed by atoms with E-state index in [-0.39, 0.29) is 18.0 Å². The van der Waals surface area contributed by atoms with Crippen molar-refractivity contribution >= 4 is 5.69 Å². The summed E-state index contributed by atoms with van der Waals surface area (Å²) in [6.45, 7) is 3.02. The average molecular weight is 238 g/mol. The van der Waals surface area contributed by atoms with Gasteiger partial charge in [0, 0.05) is 18.3 Å². The molecular weight excluding hydrogens is 219 g/mol. The molecule has 2 N–H and O–H groups in total. The fourth-order valence-electron chi connectivity index (χ4n) is 2.50. The molecule has 0 saturated carbocycles. The third-order valence-corrected chi connectivity index (χ3v) is 3.55. The molecule has 1 fully saturated rings. The van der Waals surface area contributed by atoms with Crippen LogP contribution in [0.15, 0.2) is 24.3 Å². The van der Waals surface area contributed by atoms with Gasteiger partial charge in [-0.1, -0.05) is 0 Å². The highest BCUT2D eigenvalue weighted by atomic mass is 19.1. The second-order valence-electron chi connectivity index (χ2n) is 5.04. The normalized spacial score (nSPS) is 29.5. The van der Waals surface area contributed by atoms with Crippen LogP contribution in [0, 0.1) is 5.82 Å². The molecule has 1 aromatic carbocycles. The van der Waals surface area contributed by atoms with Crippen LogP contribution in [-0.4, -0.2) is 41.8 Å². The van der Waals surface area contributed by atoms with Crippen LogP contribution < -0.4 is 5.32 Å². The van der Waals surface area contributed by atoms with Crippen LogP contribution in [0.1, 0.15) is 13.3 Å². The molecule has 2 rings (SSSR count). The van der Waals surface area contributed by atoms with Crippen molar-refractivity contribution in [1.29, 1.82) is 0 Å². The number of hydrogen-bond donors (Lipinski definition) is 2. The fraction of sp³-hybridized carbons (Fsp3) is 0.538. The van der Waals surface area contributed by atoms with Crippen molar-refractivity contribution in [1.82, 2.24) is 4.90 Å². The van der Waals surface area contributed by atoms with E-state index in [0.29, 0.717) is 6.04 Å². The molecular formula is C13H19FN2O. The first-order valence-electron chi connectivity index (χ1n) is 5.89. The number of benzene rings is 1. The maximum atomic E-state index is 12.8. The summed E-state index contributed by atoms with van der Waals surface area (Å²) >= 11 is 0. The number of nitrogens with zero attached hydrogens (tertiary/aromatic N) is 1. The van der Waals surface area contributed by atoms with Gasteiger partial charge in [0.15, 0.2) is 0 Å². The molecule has 0 bridgehead atoms. The minimum atomic E-state index is -0.313. The molecule has 0 spiro atoms. The van der Waals surface area contributed by atoms with Crippen LogP contribution >= 0.6 is 0 Å². The van der Waals surface area contributed by atoms with Gasteiger partial charge in [0.05, 0.1) is 12.1 Å². The zero-order valence-electron chi connectivity index (χ0n) is 10.3. The summed E-state index contributed by atoms with van der Waals surface area (Å²) in [6.07, 6.45) is 0.886. The van der Waals surface area contributed by atoms with E-state index in [2.05, 4.69) is 24.2 Å². The summed E-state index contributed by atoms with van der Waals surface area (Å²) in [7, 11) is 2.05. The lowest BCUT2D eigenvalue weighted by molar-refractivity contribution is 0.212. The molecule has 0 aliphatic carbocycles. The zero-order valence-corrected chi connectivity index (χ0v) is 10.3. The van der Waals surface area contributed by atoms with Crippen LogP contribution in [0.5, 0.6) is 0 Å². The first-order chi connectivity index (χ1) is 8.04. The molecule has 0 amide bonds. The lowest BCUT2D eigenvalue weighted by Crippen LogP contribution is -2.44. The molecule has 3 nitrogen and oxygen atoms in total. The standard InChI is InChI=1S/C13H19FN2O/c1-10-7-13(9-17,8-16(10)2)15-12-5-3-11(14)4-6-12/h3-6,10,15,17H,7-9H2,1-2H3.